The summed E-state index contributed by atoms with van der Waals surface area (Å²) in [6.45, 7) is 1.82. The smallest absolute Gasteiger partial charge is 0.254 e. The maximum atomic E-state index is 11.4. The van der Waals surface area contributed by atoms with Crippen molar-refractivity contribution in [3.63, 3.8) is 0 Å². The number of anilines is 1. The molecule has 0 saturated carbocycles. The number of nitrogens with one attached hydrogen (secondary N) is 1. The predicted molar refractivity (Wildman–Crippen MR) is 53.5 cm³/mol. The van der Waals surface area contributed by atoms with Crippen molar-refractivity contribution >= 4 is 11.6 Å². The third-order valence-corrected chi connectivity index (χ3v) is 1.90. The number of nitrogens with two attached hydrogens (primary N) is 1. The molecule has 0 spiro atoms. The number of carbonyl (C=O) groups excluding carboxylic acids is 1. The lowest BCUT2D eigenvalue weighted by atomic mass is 10.1. The van der Waals surface area contributed by atoms with Gasteiger partial charge in [-0.2, -0.15) is 5.26 Å². The molecule has 0 aromatic heterocycles. The summed E-state index contributed by atoms with van der Waals surface area (Å²) in [6, 6.07) is 7.05. The van der Waals surface area contributed by atoms with E-state index in [4.69, 9.17) is 11.0 Å². The SMILES string of the molecule is Cc1cccc(C(=O)NCC#N)c1N. The Morgan fingerprint density at radius 1 is 1.64 bits per heavy atom. The zero-order valence-corrected chi connectivity index (χ0v) is 7.87. The molecule has 0 aliphatic carbocycles. The lowest BCUT2D eigenvalue weighted by Crippen LogP contribution is -2.24. The Labute approximate surface area is 82.3 Å². The van der Waals surface area contributed by atoms with E-state index in [9.17, 15) is 4.79 Å². The van der Waals surface area contributed by atoms with Gasteiger partial charge in [-0.3, -0.25) is 4.79 Å². The molecule has 0 unspecified atom stereocenters. The van der Waals surface area contributed by atoms with E-state index in [0.717, 1.165) is 5.56 Å². The zero-order chi connectivity index (χ0) is 10.6. The largest absolute Gasteiger partial charge is 0.398 e. The van der Waals surface area contributed by atoms with E-state index in [2.05, 4.69) is 5.32 Å². The molecule has 0 heterocycles. The number of nitrogen functional groups attached to an aromatic ring is 1. The number of benzene rings is 1. The average molecular weight is 189 g/mol. The molecule has 1 rings (SSSR count). The van der Waals surface area contributed by atoms with Crippen molar-refractivity contribution in [2.45, 2.75) is 6.92 Å². The maximum Gasteiger partial charge on any atom is 0.254 e. The average Bonchev–Trinajstić information content (AvgIpc) is 2.18. The standard InChI is InChI=1S/C10H11N3O/c1-7-3-2-4-8(9(7)12)10(14)13-6-5-11/h2-4H,6,12H2,1H3,(H,13,14). The van der Waals surface area contributed by atoms with Crippen LogP contribution in [0.1, 0.15) is 15.9 Å². The van der Waals surface area contributed by atoms with Gasteiger partial charge in [0.15, 0.2) is 0 Å². The molecule has 1 aromatic carbocycles. The molecule has 72 valence electrons. The molecule has 0 saturated heterocycles. The molecule has 0 aliphatic heterocycles. The minimum atomic E-state index is -0.312. The van der Waals surface area contributed by atoms with Gasteiger partial charge in [-0.05, 0) is 18.6 Å². The Morgan fingerprint density at radius 3 is 3.00 bits per heavy atom. The van der Waals surface area contributed by atoms with Crippen LogP contribution in [0.3, 0.4) is 0 Å². The van der Waals surface area contributed by atoms with Crippen molar-refractivity contribution in [2.75, 3.05) is 12.3 Å². The van der Waals surface area contributed by atoms with Crippen LogP contribution in [0.5, 0.6) is 0 Å². The summed E-state index contributed by atoms with van der Waals surface area (Å²) in [5.41, 5.74) is 7.45. The molecule has 1 amide bonds. The summed E-state index contributed by atoms with van der Waals surface area (Å²) in [4.78, 5) is 11.4. The molecule has 4 nitrogen and oxygen atoms in total. The summed E-state index contributed by atoms with van der Waals surface area (Å²) in [6.07, 6.45) is 0. The van der Waals surface area contributed by atoms with Crippen LogP contribution in [0, 0.1) is 18.3 Å². The van der Waals surface area contributed by atoms with Crippen molar-refractivity contribution in [1.82, 2.24) is 5.32 Å². The summed E-state index contributed by atoms with van der Waals surface area (Å²) in [7, 11) is 0. The van der Waals surface area contributed by atoms with E-state index in [0.29, 0.717) is 11.3 Å². The molecule has 1 aromatic rings. The lowest BCUT2D eigenvalue weighted by Gasteiger charge is -2.06. The number of hydrogen-bond acceptors (Lipinski definition) is 3. The monoisotopic (exact) mass is 189 g/mol. The lowest BCUT2D eigenvalue weighted by molar-refractivity contribution is 0.0959. The van der Waals surface area contributed by atoms with Crippen molar-refractivity contribution in [3.8, 4) is 6.07 Å². The van der Waals surface area contributed by atoms with Crippen LogP contribution >= 0.6 is 0 Å². The van der Waals surface area contributed by atoms with Crippen LogP contribution in [0.2, 0.25) is 0 Å². The van der Waals surface area contributed by atoms with Gasteiger partial charge in [0.2, 0.25) is 0 Å². The van der Waals surface area contributed by atoms with E-state index >= 15 is 0 Å². The molecular weight excluding hydrogens is 178 g/mol. The van der Waals surface area contributed by atoms with Gasteiger partial charge in [0, 0.05) is 5.69 Å². The summed E-state index contributed by atoms with van der Waals surface area (Å²) < 4.78 is 0. The normalized spacial score (nSPS) is 9.14. The number of rotatable bonds is 2. The van der Waals surface area contributed by atoms with E-state index in [1.165, 1.54) is 0 Å². The van der Waals surface area contributed by atoms with Crippen molar-refractivity contribution in [1.29, 1.82) is 5.26 Å². The fourth-order valence-corrected chi connectivity index (χ4v) is 1.09. The predicted octanol–water partition coefficient (Wildman–Crippen LogP) is 0.831. The third-order valence-electron chi connectivity index (χ3n) is 1.90. The quantitative estimate of drug-likeness (QED) is 0.534. The van der Waals surface area contributed by atoms with E-state index < -0.39 is 0 Å². The van der Waals surface area contributed by atoms with Crippen LogP contribution in [0.15, 0.2) is 18.2 Å². The highest BCUT2D eigenvalue weighted by Gasteiger charge is 2.09. The maximum absolute atomic E-state index is 11.4. The Bertz CT molecular complexity index is 393. The van der Waals surface area contributed by atoms with Gasteiger partial charge in [-0.25, -0.2) is 0 Å². The third kappa shape index (κ3) is 2.02. The van der Waals surface area contributed by atoms with Crippen LogP contribution < -0.4 is 11.1 Å². The van der Waals surface area contributed by atoms with Crippen LogP contribution in [-0.2, 0) is 0 Å². The van der Waals surface area contributed by atoms with Crippen molar-refractivity contribution in [3.05, 3.63) is 29.3 Å². The molecular formula is C10H11N3O. The molecule has 0 atom stereocenters. The molecule has 0 bridgehead atoms. The zero-order valence-electron chi connectivity index (χ0n) is 7.87. The Balaban J connectivity index is 2.91. The number of amides is 1. The Hall–Kier alpha value is -2.02. The second-order valence-corrected chi connectivity index (χ2v) is 2.88. The minimum absolute atomic E-state index is 0.00772. The van der Waals surface area contributed by atoms with Crippen LogP contribution in [0.25, 0.3) is 0 Å². The number of carbonyl (C=O) groups is 1. The Kier molecular flexibility index (Phi) is 3.08. The molecule has 14 heavy (non-hydrogen) atoms. The van der Waals surface area contributed by atoms with Gasteiger partial charge in [0.25, 0.3) is 5.91 Å². The van der Waals surface area contributed by atoms with Gasteiger partial charge in [-0.1, -0.05) is 12.1 Å². The number of para-hydroxylation sites is 1. The van der Waals surface area contributed by atoms with Gasteiger partial charge >= 0.3 is 0 Å². The fourth-order valence-electron chi connectivity index (χ4n) is 1.09. The summed E-state index contributed by atoms with van der Waals surface area (Å²) >= 11 is 0. The highest BCUT2D eigenvalue weighted by molar-refractivity contribution is 5.99. The summed E-state index contributed by atoms with van der Waals surface area (Å²) in [5.74, 6) is -0.312. The topological polar surface area (TPSA) is 78.9 Å². The summed E-state index contributed by atoms with van der Waals surface area (Å²) in [5, 5.41) is 10.7. The first-order chi connectivity index (χ1) is 6.66. The first-order valence-electron chi connectivity index (χ1n) is 4.17. The molecule has 4 heteroatoms. The number of aryl methyl sites for hydroxylation is 1. The highest BCUT2D eigenvalue weighted by atomic mass is 16.1. The van der Waals surface area contributed by atoms with E-state index in [1.807, 2.05) is 19.1 Å². The van der Waals surface area contributed by atoms with Gasteiger partial charge in [0.05, 0.1) is 11.6 Å². The second kappa shape index (κ2) is 4.28. The molecule has 0 aliphatic rings. The van der Waals surface area contributed by atoms with Crippen LogP contribution in [0.4, 0.5) is 5.69 Å². The molecule has 0 radical (unpaired) electrons. The van der Waals surface area contributed by atoms with Gasteiger partial charge in [-0.15, -0.1) is 0 Å². The molecule has 0 fully saturated rings. The van der Waals surface area contributed by atoms with Gasteiger partial charge in [0.1, 0.15) is 6.54 Å². The fraction of sp³-hybridized carbons (Fsp3) is 0.200. The van der Waals surface area contributed by atoms with Crippen molar-refractivity contribution in [2.24, 2.45) is 0 Å². The van der Waals surface area contributed by atoms with Gasteiger partial charge < -0.3 is 11.1 Å². The second-order valence-electron chi connectivity index (χ2n) is 2.88. The highest BCUT2D eigenvalue weighted by Crippen LogP contribution is 2.15. The number of nitriles is 1. The van der Waals surface area contributed by atoms with Crippen molar-refractivity contribution < 1.29 is 4.79 Å². The Morgan fingerprint density at radius 2 is 2.36 bits per heavy atom. The van der Waals surface area contributed by atoms with E-state index in [-0.39, 0.29) is 12.5 Å². The molecule has 3 N–H and O–H groups in total. The van der Waals surface area contributed by atoms with E-state index in [1.54, 1.807) is 12.1 Å². The number of hydrogen-bond donors (Lipinski definition) is 2. The van der Waals surface area contributed by atoms with Crippen LogP contribution in [-0.4, -0.2) is 12.5 Å². The number of nitrogens with zero attached hydrogens (tertiary/aromatic N) is 1. The first-order valence-corrected chi connectivity index (χ1v) is 4.17. The first kappa shape index (κ1) is 10.1. The minimum Gasteiger partial charge on any atom is -0.398 e.